The number of hydrogen-bond donors (Lipinski definition) is 1. The van der Waals surface area contributed by atoms with Gasteiger partial charge in [-0.3, -0.25) is 0 Å². The van der Waals surface area contributed by atoms with E-state index in [0.29, 0.717) is 12.0 Å². The number of nitrogens with one attached hydrogen (secondary N) is 1. The lowest BCUT2D eigenvalue weighted by molar-refractivity contribution is 0.549. The average Bonchev–Trinajstić information content (AvgIpc) is 2.89. The highest BCUT2D eigenvalue weighted by Gasteiger charge is 2.20. The fourth-order valence-corrected chi connectivity index (χ4v) is 3.08. The van der Waals surface area contributed by atoms with Crippen molar-refractivity contribution in [2.75, 3.05) is 6.54 Å². The first kappa shape index (κ1) is 14.2. The zero-order chi connectivity index (χ0) is 13.7. The highest BCUT2D eigenvalue weighted by Crippen LogP contribution is 2.28. The van der Waals surface area contributed by atoms with Crippen molar-refractivity contribution in [3.05, 3.63) is 46.5 Å². The van der Waals surface area contributed by atoms with Gasteiger partial charge in [0, 0.05) is 6.04 Å². The summed E-state index contributed by atoms with van der Waals surface area (Å²) < 4.78 is 4.14. The molecule has 1 heterocycles. The van der Waals surface area contributed by atoms with Crippen molar-refractivity contribution in [3.63, 3.8) is 0 Å². The predicted octanol–water partition coefficient (Wildman–Crippen LogP) is 3.55. The molecule has 0 fully saturated rings. The zero-order valence-electron chi connectivity index (χ0n) is 11.8. The second-order valence-corrected chi connectivity index (χ2v) is 5.76. The number of nitrogens with zero attached hydrogens (tertiary/aromatic N) is 2. The van der Waals surface area contributed by atoms with Crippen LogP contribution in [0.5, 0.6) is 0 Å². The molecule has 0 saturated carbocycles. The first-order valence-corrected chi connectivity index (χ1v) is 7.59. The van der Waals surface area contributed by atoms with Crippen molar-refractivity contribution in [2.45, 2.75) is 39.2 Å². The normalized spacial score (nSPS) is 12.8. The van der Waals surface area contributed by atoms with Crippen LogP contribution in [0.15, 0.2) is 30.3 Å². The SMILES string of the molecule is CCNC(Cc1ccccc1)c1snnc1C(C)C. The summed E-state index contributed by atoms with van der Waals surface area (Å²) in [4.78, 5) is 1.28. The van der Waals surface area contributed by atoms with E-state index in [1.165, 1.54) is 22.0 Å². The smallest absolute Gasteiger partial charge is 0.0829 e. The summed E-state index contributed by atoms with van der Waals surface area (Å²) in [5.74, 6) is 0.422. The number of hydrogen-bond acceptors (Lipinski definition) is 4. The topological polar surface area (TPSA) is 37.8 Å². The lowest BCUT2D eigenvalue weighted by Gasteiger charge is -2.18. The predicted molar refractivity (Wildman–Crippen MR) is 80.6 cm³/mol. The van der Waals surface area contributed by atoms with Gasteiger partial charge in [0.05, 0.1) is 10.6 Å². The second-order valence-electron chi connectivity index (χ2n) is 4.98. The molecule has 1 unspecified atom stereocenters. The molecule has 0 aliphatic rings. The summed E-state index contributed by atoms with van der Waals surface area (Å²) in [6.07, 6.45) is 0.984. The van der Waals surface area contributed by atoms with Crippen molar-refractivity contribution in [1.29, 1.82) is 0 Å². The van der Waals surface area contributed by atoms with Crippen molar-refractivity contribution in [1.82, 2.24) is 14.9 Å². The third-order valence-electron chi connectivity index (χ3n) is 3.14. The highest BCUT2D eigenvalue weighted by atomic mass is 32.1. The molecule has 102 valence electrons. The first-order valence-electron chi connectivity index (χ1n) is 6.81. The van der Waals surface area contributed by atoms with Crippen molar-refractivity contribution >= 4 is 11.5 Å². The van der Waals surface area contributed by atoms with Crippen LogP contribution in [0, 0.1) is 0 Å². The molecule has 1 aromatic carbocycles. The van der Waals surface area contributed by atoms with Crippen molar-refractivity contribution in [3.8, 4) is 0 Å². The van der Waals surface area contributed by atoms with Crippen molar-refractivity contribution < 1.29 is 0 Å². The van der Waals surface area contributed by atoms with Crippen LogP contribution in [0.4, 0.5) is 0 Å². The maximum atomic E-state index is 4.29. The lowest BCUT2D eigenvalue weighted by Crippen LogP contribution is -2.23. The van der Waals surface area contributed by atoms with E-state index in [2.05, 4.69) is 66.0 Å². The third-order valence-corrected chi connectivity index (χ3v) is 3.99. The third kappa shape index (κ3) is 3.61. The molecule has 2 aromatic rings. The quantitative estimate of drug-likeness (QED) is 0.876. The molecular weight excluding hydrogens is 254 g/mol. The van der Waals surface area contributed by atoms with Crippen LogP contribution in [0.1, 0.15) is 48.9 Å². The Hall–Kier alpha value is -1.26. The number of rotatable bonds is 6. The minimum Gasteiger partial charge on any atom is -0.309 e. The van der Waals surface area contributed by atoms with Crippen LogP contribution < -0.4 is 5.32 Å². The number of benzene rings is 1. The average molecular weight is 275 g/mol. The second kappa shape index (κ2) is 6.78. The summed E-state index contributed by atoms with van der Waals surface area (Å²) in [6, 6.07) is 10.9. The lowest BCUT2D eigenvalue weighted by atomic mass is 10.00. The molecule has 0 spiro atoms. The zero-order valence-corrected chi connectivity index (χ0v) is 12.6. The Morgan fingerprint density at radius 3 is 2.58 bits per heavy atom. The molecule has 1 atom stereocenters. The molecule has 1 N–H and O–H groups in total. The monoisotopic (exact) mass is 275 g/mol. The molecule has 0 amide bonds. The van der Waals surface area contributed by atoms with Gasteiger partial charge in [0.2, 0.25) is 0 Å². The molecule has 2 rings (SSSR count). The Labute approximate surface area is 119 Å². The van der Waals surface area contributed by atoms with Gasteiger partial charge in [0.15, 0.2) is 0 Å². The molecule has 0 aliphatic carbocycles. The van der Waals surface area contributed by atoms with Gasteiger partial charge in [-0.15, -0.1) is 5.10 Å². The van der Waals surface area contributed by atoms with Crippen LogP contribution >= 0.6 is 11.5 Å². The van der Waals surface area contributed by atoms with Gasteiger partial charge in [0.1, 0.15) is 0 Å². The minimum atomic E-state index is 0.310. The Morgan fingerprint density at radius 2 is 1.95 bits per heavy atom. The summed E-state index contributed by atoms with van der Waals surface area (Å²) >= 11 is 1.52. The van der Waals surface area contributed by atoms with E-state index in [-0.39, 0.29) is 0 Å². The maximum absolute atomic E-state index is 4.29. The molecule has 0 bridgehead atoms. The maximum Gasteiger partial charge on any atom is 0.0829 e. The van der Waals surface area contributed by atoms with E-state index in [0.717, 1.165) is 18.7 Å². The van der Waals surface area contributed by atoms with Crippen molar-refractivity contribution in [2.24, 2.45) is 0 Å². The molecule has 1 aromatic heterocycles. The van der Waals surface area contributed by atoms with Gasteiger partial charge in [-0.1, -0.05) is 55.6 Å². The first-order chi connectivity index (χ1) is 9.22. The number of likely N-dealkylation sites (N-methyl/N-ethyl adjacent to an activating group) is 1. The van der Waals surface area contributed by atoms with Crippen LogP contribution in [0.3, 0.4) is 0 Å². The van der Waals surface area contributed by atoms with E-state index in [9.17, 15) is 0 Å². The van der Waals surface area contributed by atoms with Crippen LogP contribution in [-0.2, 0) is 6.42 Å². The van der Waals surface area contributed by atoms with Gasteiger partial charge < -0.3 is 5.32 Å². The van der Waals surface area contributed by atoms with Crippen LogP contribution in [-0.4, -0.2) is 16.1 Å². The van der Waals surface area contributed by atoms with Gasteiger partial charge in [-0.2, -0.15) is 0 Å². The standard InChI is InChI=1S/C15H21N3S/c1-4-16-13(10-12-8-6-5-7-9-12)15-14(11(2)3)17-18-19-15/h5-9,11,13,16H,4,10H2,1-3H3. The summed E-state index contributed by atoms with van der Waals surface area (Å²) in [5.41, 5.74) is 2.48. The minimum absolute atomic E-state index is 0.310. The van der Waals surface area contributed by atoms with E-state index in [1.54, 1.807) is 0 Å². The van der Waals surface area contributed by atoms with Gasteiger partial charge in [-0.25, -0.2) is 0 Å². The Kier molecular flexibility index (Phi) is 5.05. The van der Waals surface area contributed by atoms with Gasteiger partial charge >= 0.3 is 0 Å². The molecule has 4 heteroatoms. The van der Waals surface area contributed by atoms with Crippen LogP contribution in [0.25, 0.3) is 0 Å². The Bertz CT molecular complexity index is 493. The fraction of sp³-hybridized carbons (Fsp3) is 0.467. The molecule has 0 aliphatic heterocycles. The van der Waals surface area contributed by atoms with Crippen LogP contribution in [0.2, 0.25) is 0 Å². The molecule has 19 heavy (non-hydrogen) atoms. The molecular formula is C15H21N3S. The number of aromatic nitrogens is 2. The summed E-state index contributed by atoms with van der Waals surface area (Å²) in [5, 5.41) is 7.85. The van der Waals surface area contributed by atoms with Gasteiger partial charge in [-0.05, 0) is 36.0 Å². The van der Waals surface area contributed by atoms with E-state index >= 15 is 0 Å². The van der Waals surface area contributed by atoms with Gasteiger partial charge in [0.25, 0.3) is 0 Å². The molecule has 0 radical (unpaired) electrons. The molecule has 3 nitrogen and oxygen atoms in total. The van der Waals surface area contributed by atoms with E-state index in [1.807, 2.05) is 0 Å². The summed E-state index contributed by atoms with van der Waals surface area (Å²) in [7, 11) is 0. The fourth-order valence-electron chi connectivity index (χ4n) is 2.20. The summed E-state index contributed by atoms with van der Waals surface area (Å²) in [6.45, 7) is 7.44. The Morgan fingerprint density at radius 1 is 1.21 bits per heavy atom. The highest BCUT2D eigenvalue weighted by molar-refractivity contribution is 7.05. The van der Waals surface area contributed by atoms with E-state index < -0.39 is 0 Å². The molecule has 0 saturated heterocycles. The van der Waals surface area contributed by atoms with E-state index in [4.69, 9.17) is 0 Å². The Balaban J connectivity index is 2.22. The largest absolute Gasteiger partial charge is 0.309 e.